The summed E-state index contributed by atoms with van der Waals surface area (Å²) in [6, 6.07) is 13.3. The minimum absolute atomic E-state index is 0.182. The summed E-state index contributed by atoms with van der Waals surface area (Å²) in [5.41, 5.74) is 1.38. The Bertz CT molecular complexity index is 850. The number of thiophene rings is 1. The predicted octanol–water partition coefficient (Wildman–Crippen LogP) is 2.93. The van der Waals surface area contributed by atoms with Crippen LogP contribution in [0.15, 0.2) is 53.3 Å². The van der Waals surface area contributed by atoms with E-state index < -0.39 is 0 Å². The fraction of sp³-hybridized carbons (Fsp3) is 0.0667. The zero-order valence-corrected chi connectivity index (χ0v) is 13.5. The van der Waals surface area contributed by atoms with Crippen molar-refractivity contribution in [3.8, 4) is 11.8 Å². The second-order valence-corrected chi connectivity index (χ2v) is 6.28. The highest BCUT2D eigenvalue weighted by atomic mass is 32.2. The van der Waals surface area contributed by atoms with Gasteiger partial charge < -0.3 is 5.32 Å². The number of aromatic nitrogens is 3. The monoisotopic (exact) mass is 341 g/mol. The molecule has 0 bridgehead atoms. The molecule has 0 atom stereocenters. The fourth-order valence-corrected chi connectivity index (χ4v) is 3.16. The van der Waals surface area contributed by atoms with Crippen molar-refractivity contribution in [1.82, 2.24) is 14.8 Å². The quantitative estimate of drug-likeness (QED) is 0.721. The second-order valence-electron chi connectivity index (χ2n) is 4.42. The number of nitrogens with one attached hydrogen (secondary N) is 1. The van der Waals surface area contributed by atoms with Gasteiger partial charge in [-0.25, -0.2) is 9.67 Å². The van der Waals surface area contributed by atoms with Crippen LogP contribution in [0.3, 0.4) is 0 Å². The lowest BCUT2D eigenvalue weighted by Gasteiger charge is -2.01. The number of hydrogen-bond donors (Lipinski definition) is 1. The summed E-state index contributed by atoms with van der Waals surface area (Å²) in [6.07, 6.45) is 1.61. The number of thioether (sulfide) groups is 1. The Labute approximate surface area is 140 Å². The summed E-state index contributed by atoms with van der Waals surface area (Å²) in [6.45, 7) is 0. The number of carbonyl (C=O) groups excluding carboxylic acids is 1. The fourth-order valence-electron chi connectivity index (χ4n) is 1.81. The number of carbonyl (C=O) groups is 1. The van der Waals surface area contributed by atoms with E-state index in [-0.39, 0.29) is 11.7 Å². The van der Waals surface area contributed by atoms with Crippen LogP contribution in [0.4, 0.5) is 5.00 Å². The average molecular weight is 341 g/mol. The summed E-state index contributed by atoms with van der Waals surface area (Å²) < 4.78 is 1.66. The molecule has 114 valence electrons. The van der Waals surface area contributed by atoms with Crippen molar-refractivity contribution in [3.05, 3.63) is 53.7 Å². The van der Waals surface area contributed by atoms with E-state index in [0.717, 1.165) is 5.69 Å². The Kier molecular flexibility index (Phi) is 4.71. The molecule has 3 aromatic rings. The molecular formula is C15H11N5OS2. The zero-order valence-electron chi connectivity index (χ0n) is 11.8. The zero-order chi connectivity index (χ0) is 16.1. The standard InChI is InChI=1S/C15H11N5OS2/c16-8-11-6-7-22-14(11)18-13(21)9-23-15-17-10-20(19-15)12-4-2-1-3-5-12/h1-7,10H,9H2,(H,18,21). The number of amides is 1. The first-order valence-corrected chi connectivity index (χ1v) is 8.50. The van der Waals surface area contributed by atoms with Crippen LogP contribution in [0.2, 0.25) is 0 Å². The summed E-state index contributed by atoms with van der Waals surface area (Å²) in [5.74, 6) is -0.00769. The van der Waals surface area contributed by atoms with Crippen molar-refractivity contribution in [2.24, 2.45) is 0 Å². The van der Waals surface area contributed by atoms with Gasteiger partial charge in [-0.1, -0.05) is 30.0 Å². The predicted molar refractivity (Wildman–Crippen MR) is 89.7 cm³/mol. The van der Waals surface area contributed by atoms with Gasteiger partial charge in [0.25, 0.3) is 0 Å². The third kappa shape index (κ3) is 3.77. The molecule has 8 heteroatoms. The highest BCUT2D eigenvalue weighted by Gasteiger charge is 2.10. The van der Waals surface area contributed by atoms with Gasteiger partial charge in [-0.2, -0.15) is 5.26 Å². The lowest BCUT2D eigenvalue weighted by molar-refractivity contribution is -0.113. The van der Waals surface area contributed by atoms with E-state index in [1.807, 2.05) is 36.4 Å². The maximum atomic E-state index is 11.9. The molecule has 2 aromatic heterocycles. The molecule has 0 spiro atoms. The average Bonchev–Trinajstić information content (AvgIpc) is 3.23. The molecule has 0 aliphatic heterocycles. The molecule has 0 unspecified atom stereocenters. The number of rotatable bonds is 5. The van der Waals surface area contributed by atoms with Crippen molar-refractivity contribution in [3.63, 3.8) is 0 Å². The SMILES string of the molecule is N#Cc1ccsc1NC(=O)CSc1ncn(-c2ccccc2)n1. The van der Waals surface area contributed by atoms with Gasteiger partial charge in [-0.05, 0) is 23.6 Å². The van der Waals surface area contributed by atoms with Gasteiger partial charge in [0.15, 0.2) is 0 Å². The van der Waals surface area contributed by atoms with Crippen LogP contribution in [-0.2, 0) is 4.79 Å². The number of hydrogen-bond acceptors (Lipinski definition) is 6. The van der Waals surface area contributed by atoms with Gasteiger partial charge in [0, 0.05) is 0 Å². The molecule has 0 saturated heterocycles. The summed E-state index contributed by atoms with van der Waals surface area (Å²) in [7, 11) is 0. The molecule has 0 saturated carbocycles. The summed E-state index contributed by atoms with van der Waals surface area (Å²) in [4.78, 5) is 16.1. The van der Waals surface area contributed by atoms with Crippen LogP contribution in [0, 0.1) is 11.3 Å². The Balaban J connectivity index is 1.58. The molecule has 0 aliphatic carbocycles. The Morgan fingerprint density at radius 2 is 2.17 bits per heavy atom. The van der Waals surface area contributed by atoms with Gasteiger partial charge in [0.2, 0.25) is 11.1 Å². The van der Waals surface area contributed by atoms with E-state index in [0.29, 0.717) is 15.7 Å². The summed E-state index contributed by atoms with van der Waals surface area (Å²) >= 11 is 2.57. The Hall–Kier alpha value is -2.63. The van der Waals surface area contributed by atoms with Crippen LogP contribution in [0.25, 0.3) is 5.69 Å². The van der Waals surface area contributed by atoms with Crippen LogP contribution in [0.1, 0.15) is 5.56 Å². The maximum absolute atomic E-state index is 11.9. The molecule has 2 heterocycles. The number of anilines is 1. The van der Waals surface area contributed by atoms with E-state index in [4.69, 9.17) is 5.26 Å². The lowest BCUT2D eigenvalue weighted by atomic mass is 10.3. The first-order valence-electron chi connectivity index (χ1n) is 6.63. The Morgan fingerprint density at radius 1 is 1.35 bits per heavy atom. The number of nitriles is 1. The van der Waals surface area contributed by atoms with Crippen LogP contribution in [-0.4, -0.2) is 26.4 Å². The number of para-hydroxylation sites is 1. The Morgan fingerprint density at radius 3 is 2.96 bits per heavy atom. The molecule has 3 rings (SSSR count). The second kappa shape index (κ2) is 7.09. The summed E-state index contributed by atoms with van der Waals surface area (Å²) in [5, 5.41) is 18.8. The first kappa shape index (κ1) is 15.3. The van der Waals surface area contributed by atoms with Gasteiger partial charge >= 0.3 is 0 Å². The van der Waals surface area contributed by atoms with Crippen molar-refractivity contribution in [2.75, 3.05) is 11.1 Å². The van der Waals surface area contributed by atoms with E-state index in [1.165, 1.54) is 23.1 Å². The van der Waals surface area contributed by atoms with Crippen molar-refractivity contribution < 1.29 is 4.79 Å². The van der Waals surface area contributed by atoms with Crippen molar-refractivity contribution in [1.29, 1.82) is 5.26 Å². The molecule has 1 aromatic carbocycles. The first-order chi connectivity index (χ1) is 11.3. The number of benzene rings is 1. The van der Waals surface area contributed by atoms with E-state index >= 15 is 0 Å². The number of nitrogens with zero attached hydrogens (tertiary/aromatic N) is 4. The molecule has 1 N–H and O–H groups in total. The van der Waals surface area contributed by atoms with Crippen molar-refractivity contribution in [2.45, 2.75) is 5.16 Å². The molecule has 0 aliphatic rings. The van der Waals surface area contributed by atoms with Gasteiger partial charge in [-0.3, -0.25) is 4.79 Å². The molecule has 6 nitrogen and oxygen atoms in total. The van der Waals surface area contributed by atoms with Crippen LogP contribution >= 0.6 is 23.1 Å². The smallest absolute Gasteiger partial charge is 0.235 e. The van der Waals surface area contributed by atoms with E-state index in [9.17, 15) is 4.79 Å². The minimum Gasteiger partial charge on any atom is -0.316 e. The van der Waals surface area contributed by atoms with E-state index in [1.54, 1.807) is 22.5 Å². The highest BCUT2D eigenvalue weighted by Crippen LogP contribution is 2.23. The third-order valence-electron chi connectivity index (χ3n) is 2.86. The molecule has 0 fully saturated rings. The topological polar surface area (TPSA) is 83.6 Å². The van der Waals surface area contributed by atoms with Gasteiger partial charge in [0.1, 0.15) is 17.4 Å². The van der Waals surface area contributed by atoms with Crippen molar-refractivity contribution >= 4 is 34.0 Å². The van der Waals surface area contributed by atoms with Gasteiger partial charge in [0.05, 0.1) is 17.0 Å². The normalized spacial score (nSPS) is 10.2. The molecule has 23 heavy (non-hydrogen) atoms. The molecule has 0 radical (unpaired) electrons. The van der Waals surface area contributed by atoms with Crippen LogP contribution < -0.4 is 5.32 Å². The maximum Gasteiger partial charge on any atom is 0.235 e. The highest BCUT2D eigenvalue weighted by molar-refractivity contribution is 7.99. The molecule has 1 amide bonds. The largest absolute Gasteiger partial charge is 0.316 e. The minimum atomic E-state index is -0.190. The third-order valence-corrected chi connectivity index (χ3v) is 4.54. The molecular weight excluding hydrogens is 330 g/mol. The lowest BCUT2D eigenvalue weighted by Crippen LogP contribution is -2.13. The van der Waals surface area contributed by atoms with Gasteiger partial charge in [-0.15, -0.1) is 16.4 Å². The van der Waals surface area contributed by atoms with Crippen LogP contribution in [0.5, 0.6) is 0 Å². The van der Waals surface area contributed by atoms with E-state index in [2.05, 4.69) is 15.4 Å².